The van der Waals surface area contributed by atoms with Gasteiger partial charge in [0.25, 0.3) is 5.89 Å². The van der Waals surface area contributed by atoms with Crippen LogP contribution in [-0.2, 0) is 19.6 Å². The second-order valence-electron chi connectivity index (χ2n) is 3.89. The van der Waals surface area contributed by atoms with Crippen molar-refractivity contribution in [3.63, 3.8) is 0 Å². The molecule has 6 heteroatoms. The average molecular weight is 264 g/mol. The topological polar surface area (TPSA) is 77.6 Å². The van der Waals surface area contributed by atoms with Gasteiger partial charge >= 0.3 is 0 Å². The molecule has 1 aromatic carbocycles. The molecule has 6 nitrogen and oxygen atoms in total. The summed E-state index contributed by atoms with van der Waals surface area (Å²) >= 11 is 0. The highest BCUT2D eigenvalue weighted by Gasteiger charge is 2.09. The van der Waals surface area contributed by atoms with Gasteiger partial charge in [0.2, 0.25) is 0 Å². The van der Waals surface area contributed by atoms with Crippen molar-refractivity contribution >= 4 is 0 Å². The molecule has 0 spiro atoms. The lowest BCUT2D eigenvalue weighted by molar-refractivity contribution is 0.232. The van der Waals surface area contributed by atoms with E-state index in [1.54, 1.807) is 25.3 Å². The Kier molecular flexibility index (Phi) is 4.35. The third-order valence-electron chi connectivity index (χ3n) is 2.59. The second-order valence-corrected chi connectivity index (χ2v) is 3.89. The van der Waals surface area contributed by atoms with Crippen LogP contribution in [0.2, 0.25) is 0 Å². The Morgan fingerprint density at radius 2 is 2.16 bits per heavy atom. The first-order valence-electron chi connectivity index (χ1n) is 5.98. The largest absolute Gasteiger partial charge is 0.493 e. The summed E-state index contributed by atoms with van der Waals surface area (Å²) in [4.78, 5) is 4.15. The van der Waals surface area contributed by atoms with Crippen LogP contribution in [0, 0.1) is 0 Å². The molecule has 0 amide bonds. The summed E-state index contributed by atoms with van der Waals surface area (Å²) in [6.45, 7) is 2.09. The van der Waals surface area contributed by atoms with E-state index < -0.39 is 0 Å². The Hall–Kier alpha value is -2.08. The number of hydrogen-bond acceptors (Lipinski definition) is 6. The smallest absolute Gasteiger partial charge is 0.264 e. The fraction of sp³-hybridized carbons (Fsp3) is 0.385. The van der Waals surface area contributed by atoms with Crippen LogP contribution in [0.5, 0.6) is 11.5 Å². The molecule has 0 unspecified atom stereocenters. The minimum absolute atomic E-state index is 0.0415. The molecule has 0 aliphatic carbocycles. The molecule has 1 aromatic heterocycles. The number of nitrogens with zero attached hydrogens (tertiary/aromatic N) is 2. The van der Waals surface area contributed by atoms with E-state index in [0.29, 0.717) is 23.2 Å². The predicted molar refractivity (Wildman–Crippen MR) is 66.9 cm³/mol. The van der Waals surface area contributed by atoms with Crippen molar-refractivity contribution in [2.75, 3.05) is 7.11 Å². The third-order valence-corrected chi connectivity index (χ3v) is 2.59. The van der Waals surface area contributed by atoms with Crippen LogP contribution in [0.25, 0.3) is 0 Å². The first-order chi connectivity index (χ1) is 9.26. The third kappa shape index (κ3) is 3.23. The summed E-state index contributed by atoms with van der Waals surface area (Å²) in [6.07, 6.45) is 0.720. The maximum absolute atomic E-state index is 9.06. The van der Waals surface area contributed by atoms with Crippen molar-refractivity contribution < 1.29 is 19.1 Å². The van der Waals surface area contributed by atoms with Gasteiger partial charge in [0.05, 0.1) is 13.7 Å². The average Bonchev–Trinajstić information content (AvgIpc) is 2.92. The highest BCUT2D eigenvalue weighted by Crippen LogP contribution is 2.28. The number of benzene rings is 1. The fourth-order valence-corrected chi connectivity index (χ4v) is 1.56. The molecule has 0 saturated carbocycles. The Morgan fingerprint density at radius 1 is 1.32 bits per heavy atom. The van der Waals surface area contributed by atoms with Crippen LogP contribution >= 0.6 is 0 Å². The second kappa shape index (κ2) is 6.19. The summed E-state index contributed by atoms with van der Waals surface area (Å²) in [6, 6.07) is 5.23. The number of methoxy groups -OCH3 is 1. The molecule has 0 aliphatic rings. The lowest BCUT2D eigenvalue weighted by Crippen LogP contribution is -1.99. The number of ether oxygens (including phenoxy) is 2. The summed E-state index contributed by atoms with van der Waals surface area (Å²) in [5.74, 6) is 2.20. The molecule has 0 radical (unpaired) electrons. The van der Waals surface area contributed by atoms with Crippen molar-refractivity contribution in [2.24, 2.45) is 0 Å². The number of aromatic nitrogens is 2. The van der Waals surface area contributed by atoms with Gasteiger partial charge in [-0.05, 0) is 17.7 Å². The molecule has 0 saturated heterocycles. The van der Waals surface area contributed by atoms with E-state index in [1.165, 1.54) is 0 Å². The quantitative estimate of drug-likeness (QED) is 0.855. The van der Waals surface area contributed by atoms with Crippen molar-refractivity contribution in [2.45, 2.75) is 26.6 Å². The summed E-state index contributed by atoms with van der Waals surface area (Å²) in [5, 5.41) is 12.8. The van der Waals surface area contributed by atoms with E-state index in [2.05, 4.69) is 10.1 Å². The van der Waals surface area contributed by atoms with Crippen LogP contribution in [0.4, 0.5) is 0 Å². The molecule has 1 N–H and O–H groups in total. The molecule has 1 heterocycles. The summed E-state index contributed by atoms with van der Waals surface area (Å²) in [5.41, 5.74) is 0.759. The van der Waals surface area contributed by atoms with E-state index in [1.807, 2.05) is 6.92 Å². The number of aliphatic hydroxyl groups is 1. The van der Waals surface area contributed by atoms with Crippen LogP contribution in [0.3, 0.4) is 0 Å². The molecule has 19 heavy (non-hydrogen) atoms. The lowest BCUT2D eigenvalue weighted by Gasteiger charge is -2.10. The molecular weight excluding hydrogens is 248 g/mol. The summed E-state index contributed by atoms with van der Waals surface area (Å²) < 4.78 is 15.8. The molecule has 0 atom stereocenters. The van der Waals surface area contributed by atoms with Gasteiger partial charge in [0, 0.05) is 6.42 Å². The molecule has 102 valence electrons. The maximum Gasteiger partial charge on any atom is 0.264 e. The Balaban J connectivity index is 2.06. The van der Waals surface area contributed by atoms with Gasteiger partial charge in [-0.1, -0.05) is 18.1 Å². The highest BCUT2D eigenvalue weighted by molar-refractivity contribution is 5.42. The number of hydrogen-bond donors (Lipinski definition) is 1. The van der Waals surface area contributed by atoms with Gasteiger partial charge in [-0.3, -0.25) is 0 Å². The van der Waals surface area contributed by atoms with E-state index in [0.717, 1.165) is 12.0 Å². The van der Waals surface area contributed by atoms with E-state index in [-0.39, 0.29) is 13.2 Å². The van der Waals surface area contributed by atoms with Crippen molar-refractivity contribution in [1.29, 1.82) is 0 Å². The molecule has 0 bridgehead atoms. The van der Waals surface area contributed by atoms with Crippen molar-refractivity contribution in [3.05, 3.63) is 35.5 Å². The van der Waals surface area contributed by atoms with E-state index in [9.17, 15) is 0 Å². The van der Waals surface area contributed by atoms with Gasteiger partial charge in [-0.2, -0.15) is 4.98 Å². The van der Waals surface area contributed by atoms with Gasteiger partial charge in [0.15, 0.2) is 23.9 Å². The van der Waals surface area contributed by atoms with Crippen LogP contribution in [-0.4, -0.2) is 22.4 Å². The van der Waals surface area contributed by atoms with E-state index >= 15 is 0 Å². The minimum atomic E-state index is -0.0415. The minimum Gasteiger partial charge on any atom is -0.493 e. The zero-order valence-electron chi connectivity index (χ0n) is 10.9. The standard InChI is InChI=1S/C13H16N2O4/c1-3-12-14-13(19-15-12)8-18-10-5-4-9(7-16)6-11(10)17-2/h4-6,16H,3,7-8H2,1-2H3. The number of aryl methyl sites for hydroxylation is 1. The Labute approximate surface area is 111 Å². The molecule has 2 rings (SSSR count). The summed E-state index contributed by atoms with van der Waals surface area (Å²) in [7, 11) is 1.55. The Morgan fingerprint density at radius 3 is 2.79 bits per heavy atom. The molecular formula is C13H16N2O4. The van der Waals surface area contributed by atoms with Crippen LogP contribution in [0.15, 0.2) is 22.7 Å². The van der Waals surface area contributed by atoms with Crippen LogP contribution < -0.4 is 9.47 Å². The van der Waals surface area contributed by atoms with Crippen molar-refractivity contribution in [1.82, 2.24) is 10.1 Å². The van der Waals surface area contributed by atoms with E-state index in [4.69, 9.17) is 19.1 Å². The monoisotopic (exact) mass is 264 g/mol. The molecule has 2 aromatic rings. The van der Waals surface area contributed by atoms with Gasteiger partial charge in [0.1, 0.15) is 0 Å². The first kappa shape index (κ1) is 13.4. The number of aliphatic hydroxyl groups excluding tert-OH is 1. The van der Waals surface area contributed by atoms with Crippen molar-refractivity contribution in [3.8, 4) is 11.5 Å². The fourth-order valence-electron chi connectivity index (χ4n) is 1.56. The highest BCUT2D eigenvalue weighted by atomic mass is 16.5. The number of rotatable bonds is 6. The van der Waals surface area contributed by atoms with Gasteiger partial charge in [-0.15, -0.1) is 0 Å². The normalized spacial score (nSPS) is 10.5. The SMILES string of the molecule is CCc1noc(COc2ccc(CO)cc2OC)n1. The Bertz CT molecular complexity index is 539. The van der Waals surface area contributed by atoms with Gasteiger partial charge < -0.3 is 19.1 Å². The lowest BCUT2D eigenvalue weighted by atomic mass is 10.2. The van der Waals surface area contributed by atoms with Crippen LogP contribution in [0.1, 0.15) is 24.2 Å². The molecule has 0 fully saturated rings. The zero-order valence-corrected chi connectivity index (χ0v) is 10.9. The molecule has 0 aliphatic heterocycles. The zero-order chi connectivity index (χ0) is 13.7. The van der Waals surface area contributed by atoms with Gasteiger partial charge in [-0.25, -0.2) is 0 Å². The predicted octanol–water partition coefficient (Wildman–Crippen LogP) is 1.71. The first-order valence-corrected chi connectivity index (χ1v) is 5.98. The maximum atomic E-state index is 9.06.